The molecule has 3 rings (SSSR count). The minimum absolute atomic E-state index is 0.178. The molecule has 7 heteroatoms. The van der Waals surface area contributed by atoms with Crippen molar-refractivity contribution in [3.63, 3.8) is 0 Å². The zero-order valence-electron chi connectivity index (χ0n) is 13.5. The Hall–Kier alpha value is -3.35. The van der Waals surface area contributed by atoms with Crippen molar-refractivity contribution in [2.45, 2.75) is 12.5 Å². The molecule has 0 unspecified atom stereocenters. The van der Waals surface area contributed by atoms with E-state index in [1.54, 1.807) is 48.5 Å². The predicted molar refractivity (Wildman–Crippen MR) is 92.6 cm³/mol. The molecule has 1 aliphatic rings. The standard InChI is InChI=1S/C18H17N3O4/c1-25-12-6-4-5-11(9-12)19-16(22)10-15-18(24)20-14-8-3-2-7-13(14)17(23)21-15/h2-9,15H,10H2,1H3,(H,19,22)(H,20,24)(H,21,23)/t15-/m0/s1. The molecule has 7 nitrogen and oxygen atoms in total. The van der Waals surface area contributed by atoms with Crippen LogP contribution in [0.25, 0.3) is 0 Å². The number of amides is 3. The monoisotopic (exact) mass is 339 g/mol. The van der Waals surface area contributed by atoms with Crippen molar-refractivity contribution in [1.82, 2.24) is 5.32 Å². The summed E-state index contributed by atoms with van der Waals surface area (Å²) >= 11 is 0. The summed E-state index contributed by atoms with van der Waals surface area (Å²) in [6.45, 7) is 0. The van der Waals surface area contributed by atoms with E-state index in [1.807, 2.05) is 0 Å². The Morgan fingerprint density at radius 1 is 1.16 bits per heavy atom. The summed E-state index contributed by atoms with van der Waals surface area (Å²) in [6.07, 6.45) is -0.178. The van der Waals surface area contributed by atoms with Crippen molar-refractivity contribution in [3.05, 3.63) is 54.1 Å². The highest BCUT2D eigenvalue weighted by atomic mass is 16.5. The van der Waals surface area contributed by atoms with Gasteiger partial charge in [0.25, 0.3) is 5.91 Å². The summed E-state index contributed by atoms with van der Waals surface area (Å²) in [5, 5.41) is 7.95. The fourth-order valence-electron chi connectivity index (χ4n) is 2.55. The molecule has 0 saturated carbocycles. The van der Waals surface area contributed by atoms with Gasteiger partial charge in [-0.25, -0.2) is 0 Å². The number of rotatable bonds is 4. The molecule has 0 spiro atoms. The lowest BCUT2D eigenvalue weighted by molar-refractivity contribution is -0.122. The van der Waals surface area contributed by atoms with Crippen molar-refractivity contribution >= 4 is 29.1 Å². The maximum absolute atomic E-state index is 12.3. The first kappa shape index (κ1) is 16.5. The van der Waals surface area contributed by atoms with Crippen LogP contribution in [0.1, 0.15) is 16.8 Å². The molecule has 0 bridgehead atoms. The summed E-state index contributed by atoms with van der Waals surface area (Å²) < 4.78 is 5.10. The fraction of sp³-hybridized carbons (Fsp3) is 0.167. The molecule has 0 aromatic heterocycles. The van der Waals surface area contributed by atoms with E-state index in [0.29, 0.717) is 22.7 Å². The van der Waals surface area contributed by atoms with Gasteiger partial charge >= 0.3 is 0 Å². The Labute approximate surface area is 144 Å². The second kappa shape index (κ2) is 7.04. The van der Waals surface area contributed by atoms with E-state index < -0.39 is 17.9 Å². The average molecular weight is 339 g/mol. The molecule has 3 amide bonds. The molecule has 3 N–H and O–H groups in total. The number of anilines is 2. The molecule has 0 fully saturated rings. The van der Waals surface area contributed by atoms with E-state index in [2.05, 4.69) is 16.0 Å². The zero-order valence-corrected chi connectivity index (χ0v) is 13.5. The van der Waals surface area contributed by atoms with Gasteiger partial charge in [-0.05, 0) is 24.3 Å². The van der Waals surface area contributed by atoms with Crippen LogP contribution in [0, 0.1) is 0 Å². The normalized spacial score (nSPS) is 16.1. The number of fused-ring (bicyclic) bond motifs is 1. The molecule has 0 aliphatic carbocycles. The number of benzene rings is 2. The van der Waals surface area contributed by atoms with E-state index in [1.165, 1.54) is 7.11 Å². The highest BCUT2D eigenvalue weighted by molar-refractivity contribution is 6.11. The molecule has 1 atom stereocenters. The summed E-state index contributed by atoms with van der Waals surface area (Å²) in [4.78, 5) is 36.8. The lowest BCUT2D eigenvalue weighted by Gasteiger charge is -2.14. The fourth-order valence-corrected chi connectivity index (χ4v) is 2.55. The average Bonchev–Trinajstić information content (AvgIpc) is 2.72. The molecule has 128 valence electrons. The quantitative estimate of drug-likeness (QED) is 0.791. The Kier molecular flexibility index (Phi) is 4.65. The predicted octanol–water partition coefficient (Wildman–Crippen LogP) is 1.77. The maximum atomic E-state index is 12.3. The van der Waals surface area contributed by atoms with Crippen molar-refractivity contribution in [2.24, 2.45) is 0 Å². The van der Waals surface area contributed by atoms with E-state index in [4.69, 9.17) is 4.74 Å². The first-order valence-electron chi connectivity index (χ1n) is 7.71. The topological polar surface area (TPSA) is 96.5 Å². The second-order valence-corrected chi connectivity index (χ2v) is 5.55. The first-order valence-corrected chi connectivity index (χ1v) is 7.71. The SMILES string of the molecule is COc1cccc(NC(=O)C[C@@H]2NC(=O)c3ccccc3NC2=O)c1. The largest absolute Gasteiger partial charge is 0.497 e. The van der Waals surface area contributed by atoms with Crippen LogP contribution in [0.15, 0.2) is 48.5 Å². The van der Waals surface area contributed by atoms with Crippen LogP contribution in [-0.4, -0.2) is 30.9 Å². The first-order chi connectivity index (χ1) is 12.1. The highest BCUT2D eigenvalue weighted by Crippen LogP contribution is 2.20. The van der Waals surface area contributed by atoms with Gasteiger partial charge in [0.1, 0.15) is 11.8 Å². The van der Waals surface area contributed by atoms with Crippen LogP contribution < -0.4 is 20.7 Å². The van der Waals surface area contributed by atoms with Gasteiger partial charge in [-0.3, -0.25) is 14.4 Å². The minimum atomic E-state index is -0.953. The van der Waals surface area contributed by atoms with Crippen LogP contribution in [0.5, 0.6) is 5.75 Å². The van der Waals surface area contributed by atoms with Gasteiger partial charge in [-0.1, -0.05) is 18.2 Å². The van der Waals surface area contributed by atoms with Gasteiger partial charge in [0.2, 0.25) is 11.8 Å². The van der Waals surface area contributed by atoms with Crippen molar-refractivity contribution in [3.8, 4) is 5.75 Å². The van der Waals surface area contributed by atoms with Crippen LogP contribution >= 0.6 is 0 Å². The third-order valence-electron chi connectivity index (χ3n) is 3.79. The molecule has 1 heterocycles. The van der Waals surface area contributed by atoms with E-state index in [9.17, 15) is 14.4 Å². The van der Waals surface area contributed by atoms with Crippen LogP contribution in [0.3, 0.4) is 0 Å². The Balaban J connectivity index is 1.69. The number of ether oxygens (including phenoxy) is 1. The number of nitrogens with one attached hydrogen (secondary N) is 3. The number of methoxy groups -OCH3 is 1. The molecule has 0 saturated heterocycles. The zero-order chi connectivity index (χ0) is 17.8. The lowest BCUT2D eigenvalue weighted by Crippen LogP contribution is -2.43. The summed E-state index contributed by atoms with van der Waals surface area (Å²) in [6, 6.07) is 12.6. The van der Waals surface area contributed by atoms with E-state index in [0.717, 1.165) is 0 Å². The van der Waals surface area contributed by atoms with Gasteiger partial charge < -0.3 is 20.7 Å². The molecular weight excluding hydrogens is 322 g/mol. The van der Waals surface area contributed by atoms with Gasteiger partial charge in [0.15, 0.2) is 0 Å². The number of carbonyl (C=O) groups is 3. The van der Waals surface area contributed by atoms with Gasteiger partial charge in [-0.15, -0.1) is 0 Å². The van der Waals surface area contributed by atoms with Crippen LogP contribution in [-0.2, 0) is 9.59 Å². The smallest absolute Gasteiger partial charge is 0.254 e. The molecular formula is C18H17N3O4. The second-order valence-electron chi connectivity index (χ2n) is 5.55. The summed E-state index contributed by atoms with van der Waals surface area (Å²) in [7, 11) is 1.53. The summed E-state index contributed by atoms with van der Waals surface area (Å²) in [5.74, 6) is -0.611. The molecule has 25 heavy (non-hydrogen) atoms. The van der Waals surface area contributed by atoms with Crippen molar-refractivity contribution in [2.75, 3.05) is 17.7 Å². The molecule has 0 radical (unpaired) electrons. The Bertz CT molecular complexity index is 835. The third-order valence-corrected chi connectivity index (χ3v) is 3.79. The van der Waals surface area contributed by atoms with E-state index >= 15 is 0 Å². The number of carbonyl (C=O) groups excluding carboxylic acids is 3. The van der Waals surface area contributed by atoms with Crippen molar-refractivity contribution < 1.29 is 19.1 Å². The van der Waals surface area contributed by atoms with Crippen molar-refractivity contribution in [1.29, 1.82) is 0 Å². The van der Waals surface area contributed by atoms with Gasteiger partial charge in [0.05, 0.1) is 24.8 Å². The van der Waals surface area contributed by atoms with Gasteiger partial charge in [0, 0.05) is 11.8 Å². The lowest BCUT2D eigenvalue weighted by atomic mass is 10.1. The van der Waals surface area contributed by atoms with E-state index in [-0.39, 0.29) is 12.3 Å². The Morgan fingerprint density at radius 2 is 1.96 bits per heavy atom. The highest BCUT2D eigenvalue weighted by Gasteiger charge is 2.29. The van der Waals surface area contributed by atoms with Crippen LogP contribution in [0.2, 0.25) is 0 Å². The molecule has 2 aromatic carbocycles. The third kappa shape index (κ3) is 3.77. The Morgan fingerprint density at radius 3 is 2.76 bits per heavy atom. The molecule has 1 aliphatic heterocycles. The van der Waals surface area contributed by atoms with Gasteiger partial charge in [-0.2, -0.15) is 0 Å². The number of hydrogen-bond donors (Lipinski definition) is 3. The maximum Gasteiger partial charge on any atom is 0.254 e. The number of hydrogen-bond acceptors (Lipinski definition) is 4. The summed E-state index contributed by atoms with van der Waals surface area (Å²) in [5.41, 5.74) is 1.35. The van der Waals surface area contributed by atoms with Crippen LogP contribution in [0.4, 0.5) is 11.4 Å². The minimum Gasteiger partial charge on any atom is -0.497 e. The molecule has 2 aromatic rings. The number of para-hydroxylation sites is 1.